The topological polar surface area (TPSA) is 38.9 Å². The molecule has 0 saturated heterocycles. The Morgan fingerprint density at radius 2 is 1.94 bits per heavy atom. The van der Waals surface area contributed by atoms with E-state index in [1.165, 1.54) is 16.0 Å². The second-order valence-electron chi connectivity index (χ2n) is 4.53. The van der Waals surface area contributed by atoms with Gasteiger partial charge in [-0.05, 0) is 50.1 Å². The molecular weight excluding hydrogens is 240 g/mol. The fourth-order valence-corrected chi connectivity index (χ4v) is 2.80. The van der Waals surface area contributed by atoms with Gasteiger partial charge in [0.1, 0.15) is 5.03 Å². The van der Waals surface area contributed by atoms with Crippen molar-refractivity contribution in [3.05, 3.63) is 53.2 Å². The zero-order valence-corrected chi connectivity index (χ0v) is 11.8. The van der Waals surface area contributed by atoms with Crippen LogP contribution in [-0.4, -0.2) is 4.98 Å². The molecular formula is C15H18N2S. The Hall–Kier alpha value is -1.32. The summed E-state index contributed by atoms with van der Waals surface area (Å²) in [5, 5.41) is 0.996. The Balaban J connectivity index is 2.31. The van der Waals surface area contributed by atoms with Gasteiger partial charge in [-0.25, -0.2) is 4.98 Å². The summed E-state index contributed by atoms with van der Waals surface area (Å²) in [7, 11) is 0. The zero-order chi connectivity index (χ0) is 13.1. The lowest BCUT2D eigenvalue weighted by Gasteiger charge is -2.11. The number of pyridine rings is 1. The third kappa shape index (κ3) is 2.92. The van der Waals surface area contributed by atoms with Crippen molar-refractivity contribution in [1.29, 1.82) is 0 Å². The Morgan fingerprint density at radius 1 is 1.17 bits per heavy atom. The molecule has 0 amide bonds. The predicted molar refractivity (Wildman–Crippen MR) is 76.9 cm³/mol. The van der Waals surface area contributed by atoms with Crippen molar-refractivity contribution in [2.75, 3.05) is 0 Å². The fourth-order valence-electron chi connectivity index (χ4n) is 1.72. The first-order chi connectivity index (χ1) is 8.58. The van der Waals surface area contributed by atoms with Gasteiger partial charge in [-0.3, -0.25) is 0 Å². The maximum absolute atomic E-state index is 5.97. The zero-order valence-electron chi connectivity index (χ0n) is 11.0. The maximum atomic E-state index is 5.97. The summed E-state index contributed by atoms with van der Waals surface area (Å²) in [6, 6.07) is 10.5. The van der Waals surface area contributed by atoms with E-state index < -0.39 is 0 Å². The minimum atomic E-state index is 0.00717. The van der Waals surface area contributed by atoms with Gasteiger partial charge < -0.3 is 5.73 Å². The summed E-state index contributed by atoms with van der Waals surface area (Å²) in [6.45, 7) is 6.24. The Labute approximate surface area is 113 Å². The minimum Gasteiger partial charge on any atom is -0.324 e. The second-order valence-corrected chi connectivity index (χ2v) is 5.60. The lowest BCUT2D eigenvalue weighted by Crippen LogP contribution is -2.07. The highest BCUT2D eigenvalue weighted by atomic mass is 32.2. The van der Waals surface area contributed by atoms with Crippen LogP contribution in [0.3, 0.4) is 0 Å². The van der Waals surface area contributed by atoms with Crippen molar-refractivity contribution < 1.29 is 0 Å². The molecule has 0 radical (unpaired) electrons. The summed E-state index contributed by atoms with van der Waals surface area (Å²) in [5.41, 5.74) is 9.68. The van der Waals surface area contributed by atoms with Gasteiger partial charge in [0.2, 0.25) is 0 Å². The van der Waals surface area contributed by atoms with E-state index >= 15 is 0 Å². The first kappa shape index (κ1) is 13.1. The molecule has 2 rings (SSSR count). The van der Waals surface area contributed by atoms with Crippen LogP contribution >= 0.6 is 11.8 Å². The Morgan fingerprint density at radius 3 is 2.61 bits per heavy atom. The Kier molecular flexibility index (Phi) is 4.04. The van der Waals surface area contributed by atoms with E-state index in [2.05, 4.69) is 37.0 Å². The molecule has 0 spiro atoms. The van der Waals surface area contributed by atoms with Crippen molar-refractivity contribution in [2.45, 2.75) is 36.7 Å². The average molecular weight is 258 g/mol. The van der Waals surface area contributed by atoms with Crippen molar-refractivity contribution in [2.24, 2.45) is 5.73 Å². The number of hydrogen-bond acceptors (Lipinski definition) is 3. The second kappa shape index (κ2) is 5.55. The predicted octanol–water partition coefficient (Wildman–Crippen LogP) is 3.87. The molecule has 1 aromatic carbocycles. The van der Waals surface area contributed by atoms with Crippen molar-refractivity contribution in [3.63, 3.8) is 0 Å². The van der Waals surface area contributed by atoms with E-state index in [1.54, 1.807) is 11.8 Å². The summed E-state index contributed by atoms with van der Waals surface area (Å²) in [4.78, 5) is 5.64. The molecule has 0 fully saturated rings. The van der Waals surface area contributed by atoms with Crippen LogP contribution in [0.25, 0.3) is 0 Å². The van der Waals surface area contributed by atoms with E-state index in [1.807, 2.05) is 25.3 Å². The molecule has 94 valence electrons. The quantitative estimate of drug-likeness (QED) is 0.908. The van der Waals surface area contributed by atoms with Crippen molar-refractivity contribution >= 4 is 11.8 Å². The van der Waals surface area contributed by atoms with Gasteiger partial charge in [0, 0.05) is 22.7 Å². The van der Waals surface area contributed by atoms with Crippen LogP contribution in [-0.2, 0) is 0 Å². The van der Waals surface area contributed by atoms with Gasteiger partial charge >= 0.3 is 0 Å². The SMILES string of the molecule is Cc1ccc(Sc2ncccc2C(C)N)cc1C. The summed E-state index contributed by atoms with van der Waals surface area (Å²) >= 11 is 1.67. The number of benzene rings is 1. The summed E-state index contributed by atoms with van der Waals surface area (Å²) < 4.78 is 0. The van der Waals surface area contributed by atoms with Gasteiger partial charge in [0.05, 0.1) is 0 Å². The highest BCUT2D eigenvalue weighted by Gasteiger charge is 2.09. The van der Waals surface area contributed by atoms with Crippen LogP contribution < -0.4 is 5.73 Å². The molecule has 1 aromatic heterocycles. The van der Waals surface area contributed by atoms with Gasteiger partial charge in [0.15, 0.2) is 0 Å². The van der Waals surface area contributed by atoms with Crippen LogP contribution in [0.1, 0.15) is 29.7 Å². The maximum Gasteiger partial charge on any atom is 0.105 e. The number of aromatic nitrogens is 1. The molecule has 3 heteroatoms. The van der Waals surface area contributed by atoms with Crippen molar-refractivity contribution in [3.8, 4) is 0 Å². The van der Waals surface area contributed by atoms with Crippen LogP contribution in [0.5, 0.6) is 0 Å². The highest BCUT2D eigenvalue weighted by molar-refractivity contribution is 7.99. The third-order valence-corrected chi connectivity index (χ3v) is 4.01. The van der Waals surface area contributed by atoms with Crippen LogP contribution in [0.2, 0.25) is 0 Å². The lowest BCUT2D eigenvalue weighted by molar-refractivity contribution is 0.779. The van der Waals surface area contributed by atoms with Crippen LogP contribution in [0, 0.1) is 13.8 Å². The summed E-state index contributed by atoms with van der Waals surface area (Å²) in [5.74, 6) is 0. The molecule has 2 N–H and O–H groups in total. The number of nitrogens with zero attached hydrogens (tertiary/aromatic N) is 1. The number of nitrogens with two attached hydrogens (primary N) is 1. The van der Waals surface area contributed by atoms with E-state index in [9.17, 15) is 0 Å². The standard InChI is InChI=1S/C15H18N2S/c1-10-6-7-13(9-11(10)2)18-15-14(12(3)16)5-4-8-17-15/h4-9,12H,16H2,1-3H3. The molecule has 2 aromatic rings. The van der Waals surface area contributed by atoms with E-state index in [0.717, 1.165) is 10.6 Å². The molecule has 0 aliphatic carbocycles. The molecule has 1 atom stereocenters. The monoisotopic (exact) mass is 258 g/mol. The number of rotatable bonds is 3. The normalized spacial score (nSPS) is 12.4. The lowest BCUT2D eigenvalue weighted by atomic mass is 10.1. The van der Waals surface area contributed by atoms with Gasteiger partial charge in [-0.2, -0.15) is 0 Å². The molecule has 18 heavy (non-hydrogen) atoms. The largest absolute Gasteiger partial charge is 0.324 e. The van der Waals surface area contributed by atoms with Crippen LogP contribution in [0.15, 0.2) is 46.5 Å². The third-order valence-electron chi connectivity index (χ3n) is 2.98. The minimum absolute atomic E-state index is 0.00717. The first-order valence-corrected chi connectivity index (χ1v) is 6.85. The van der Waals surface area contributed by atoms with Gasteiger partial charge in [-0.15, -0.1) is 0 Å². The van der Waals surface area contributed by atoms with Crippen LogP contribution in [0.4, 0.5) is 0 Å². The average Bonchev–Trinajstić information content (AvgIpc) is 2.34. The summed E-state index contributed by atoms with van der Waals surface area (Å²) in [6.07, 6.45) is 1.81. The Bertz CT molecular complexity index is 550. The molecule has 0 saturated carbocycles. The van der Waals surface area contributed by atoms with Gasteiger partial charge in [0.25, 0.3) is 0 Å². The van der Waals surface area contributed by atoms with Crippen molar-refractivity contribution in [1.82, 2.24) is 4.98 Å². The smallest absolute Gasteiger partial charge is 0.105 e. The molecule has 0 aliphatic rings. The van der Waals surface area contributed by atoms with E-state index in [0.29, 0.717) is 0 Å². The number of aryl methyl sites for hydroxylation is 2. The first-order valence-electron chi connectivity index (χ1n) is 6.03. The molecule has 0 aliphatic heterocycles. The molecule has 1 unspecified atom stereocenters. The number of hydrogen-bond donors (Lipinski definition) is 1. The molecule has 1 heterocycles. The molecule has 2 nitrogen and oxygen atoms in total. The fraction of sp³-hybridized carbons (Fsp3) is 0.267. The highest BCUT2D eigenvalue weighted by Crippen LogP contribution is 2.31. The molecule has 0 bridgehead atoms. The van der Waals surface area contributed by atoms with E-state index in [-0.39, 0.29) is 6.04 Å². The van der Waals surface area contributed by atoms with Gasteiger partial charge in [-0.1, -0.05) is 23.9 Å². The van der Waals surface area contributed by atoms with E-state index in [4.69, 9.17) is 5.73 Å².